The Kier molecular flexibility index (Phi) is 6.61. The van der Waals surface area contributed by atoms with Crippen molar-refractivity contribution in [3.05, 3.63) is 71.8 Å². The molecule has 22 heavy (non-hydrogen) atoms. The Morgan fingerprint density at radius 3 is 1.36 bits per heavy atom. The van der Waals surface area contributed by atoms with E-state index in [2.05, 4.69) is 93.0 Å². The highest BCUT2D eigenvalue weighted by Crippen LogP contribution is 2.49. The molecule has 0 aromatic heterocycles. The molecule has 2 rings (SSSR count). The second-order valence-electron chi connectivity index (χ2n) is 6.36. The smallest absolute Gasteiger partial charge is 0.00805 e. The van der Waals surface area contributed by atoms with Crippen LogP contribution in [0.3, 0.4) is 0 Å². The molecule has 0 saturated heterocycles. The van der Waals surface area contributed by atoms with E-state index < -0.39 is 0 Å². The first-order valence-electron chi connectivity index (χ1n) is 8.19. The van der Waals surface area contributed by atoms with Crippen molar-refractivity contribution in [3.63, 3.8) is 0 Å². The first kappa shape index (κ1) is 17.2. The monoisotopic (exact) mass is 313 g/mol. The maximum atomic E-state index is 2.72. The average Bonchev–Trinajstić information content (AvgIpc) is 2.48. The lowest BCUT2D eigenvalue weighted by molar-refractivity contribution is 0.321. The van der Waals surface area contributed by atoms with Gasteiger partial charge >= 0.3 is 0 Å². The summed E-state index contributed by atoms with van der Waals surface area (Å²) in [6.45, 7) is 9.30. The molecule has 0 atom stereocenters. The Bertz CT molecular complexity index is 487. The van der Waals surface area contributed by atoms with E-state index in [1.165, 1.54) is 23.5 Å². The molecule has 0 spiro atoms. The predicted molar refractivity (Wildman–Crippen MR) is 99.3 cm³/mol. The Balaban J connectivity index is 2.23. The van der Waals surface area contributed by atoms with Crippen molar-refractivity contribution in [2.24, 2.45) is 0 Å². The summed E-state index contributed by atoms with van der Waals surface area (Å²) in [5.41, 5.74) is 2.91. The molecule has 0 unspecified atom stereocenters. The van der Waals surface area contributed by atoms with E-state index >= 15 is 0 Å². The first-order chi connectivity index (χ1) is 10.6. The van der Waals surface area contributed by atoms with Gasteiger partial charge in [-0.15, -0.1) is 0 Å². The summed E-state index contributed by atoms with van der Waals surface area (Å²) in [5.74, 6) is 0. The van der Waals surface area contributed by atoms with Gasteiger partial charge in [0.05, 0.1) is 0 Å². The zero-order valence-electron chi connectivity index (χ0n) is 14.2. The fourth-order valence-corrected chi connectivity index (χ4v) is 6.07. The van der Waals surface area contributed by atoms with Gasteiger partial charge in [-0.2, -0.15) is 0 Å². The maximum absolute atomic E-state index is 2.72. The van der Waals surface area contributed by atoms with Crippen LogP contribution in [0.1, 0.15) is 38.8 Å². The minimum atomic E-state index is -0.222. The zero-order chi connectivity index (χ0) is 15.9. The van der Waals surface area contributed by atoms with Gasteiger partial charge in [-0.3, -0.25) is 4.67 Å². The summed E-state index contributed by atoms with van der Waals surface area (Å²) in [6.07, 6.45) is 2.34. The molecule has 118 valence electrons. The minimum absolute atomic E-state index is 0.222. The van der Waals surface area contributed by atoms with E-state index in [1.807, 2.05) is 0 Å². The Morgan fingerprint density at radius 1 is 0.682 bits per heavy atom. The zero-order valence-corrected chi connectivity index (χ0v) is 15.1. The summed E-state index contributed by atoms with van der Waals surface area (Å²) in [5, 5.41) is 0. The van der Waals surface area contributed by atoms with E-state index in [0.717, 1.165) is 0 Å². The van der Waals surface area contributed by atoms with Crippen LogP contribution in [-0.2, 0) is 12.3 Å². The molecule has 2 aromatic rings. The molecule has 0 heterocycles. The van der Waals surface area contributed by atoms with Crippen LogP contribution >= 0.6 is 8.07 Å². The van der Waals surface area contributed by atoms with Crippen LogP contribution in [0.5, 0.6) is 0 Å². The molecule has 0 bridgehead atoms. The Labute approximate surface area is 137 Å². The highest BCUT2D eigenvalue weighted by molar-refractivity contribution is 7.53. The van der Waals surface area contributed by atoms with Crippen molar-refractivity contribution in [3.8, 4) is 0 Å². The SMILES string of the molecule is CC(C)N(C(C)C)P(Cc1ccccc1)Cc1ccccc1. The van der Waals surface area contributed by atoms with Crippen LogP contribution in [0.15, 0.2) is 60.7 Å². The fourth-order valence-electron chi connectivity index (χ4n) is 3.06. The topological polar surface area (TPSA) is 3.24 Å². The van der Waals surface area contributed by atoms with Crippen LogP contribution in [0, 0.1) is 0 Å². The van der Waals surface area contributed by atoms with Crippen LogP contribution < -0.4 is 0 Å². The molecule has 0 fully saturated rings. The van der Waals surface area contributed by atoms with Gasteiger partial charge in [0.15, 0.2) is 0 Å². The maximum Gasteiger partial charge on any atom is 0.00805 e. The van der Waals surface area contributed by atoms with Gasteiger partial charge in [-0.05, 0) is 46.9 Å². The van der Waals surface area contributed by atoms with Crippen LogP contribution in [0.25, 0.3) is 0 Å². The molecule has 0 amide bonds. The normalized spacial score (nSPS) is 11.8. The molecule has 1 nitrogen and oxygen atoms in total. The highest BCUT2D eigenvalue weighted by Gasteiger charge is 2.24. The lowest BCUT2D eigenvalue weighted by atomic mass is 10.2. The summed E-state index contributed by atoms with van der Waals surface area (Å²) < 4.78 is 2.72. The largest absolute Gasteiger partial charge is 0.276 e. The molecule has 0 saturated carbocycles. The lowest BCUT2D eigenvalue weighted by Gasteiger charge is -2.38. The molecule has 2 aromatic carbocycles. The number of rotatable bonds is 7. The van der Waals surface area contributed by atoms with Crippen molar-refractivity contribution >= 4 is 8.07 Å². The highest BCUT2D eigenvalue weighted by atomic mass is 31.1. The third-order valence-electron chi connectivity index (χ3n) is 3.80. The Hall–Kier alpha value is -1.17. The van der Waals surface area contributed by atoms with Crippen LogP contribution in [-0.4, -0.2) is 16.8 Å². The number of nitrogens with zero attached hydrogens (tertiary/aromatic N) is 1. The van der Waals surface area contributed by atoms with Gasteiger partial charge in [-0.25, -0.2) is 0 Å². The van der Waals surface area contributed by atoms with Crippen LogP contribution in [0.2, 0.25) is 0 Å². The van der Waals surface area contributed by atoms with Crippen molar-refractivity contribution < 1.29 is 0 Å². The van der Waals surface area contributed by atoms with Crippen LogP contribution in [0.4, 0.5) is 0 Å². The summed E-state index contributed by atoms with van der Waals surface area (Å²) in [4.78, 5) is 0. The minimum Gasteiger partial charge on any atom is -0.276 e. The van der Waals surface area contributed by atoms with Gasteiger partial charge in [0.25, 0.3) is 0 Å². The number of benzene rings is 2. The van der Waals surface area contributed by atoms with Gasteiger partial charge in [0.2, 0.25) is 0 Å². The van der Waals surface area contributed by atoms with Crippen molar-refractivity contribution in [1.82, 2.24) is 4.67 Å². The quantitative estimate of drug-likeness (QED) is 0.575. The van der Waals surface area contributed by atoms with Crippen molar-refractivity contribution in [1.29, 1.82) is 0 Å². The second kappa shape index (κ2) is 8.46. The molecule has 0 N–H and O–H groups in total. The third kappa shape index (κ3) is 4.93. The van der Waals surface area contributed by atoms with Crippen molar-refractivity contribution in [2.45, 2.75) is 52.1 Å². The first-order valence-corrected chi connectivity index (χ1v) is 9.85. The molecule has 0 aliphatic carbocycles. The lowest BCUT2D eigenvalue weighted by Crippen LogP contribution is -2.33. The fraction of sp³-hybridized carbons (Fsp3) is 0.400. The molecule has 0 aliphatic rings. The van der Waals surface area contributed by atoms with E-state index in [9.17, 15) is 0 Å². The van der Waals surface area contributed by atoms with Gasteiger partial charge in [-0.1, -0.05) is 60.7 Å². The molecule has 0 radical (unpaired) electrons. The van der Waals surface area contributed by atoms with E-state index in [-0.39, 0.29) is 8.07 Å². The molecular formula is C20H28NP. The molecular weight excluding hydrogens is 285 g/mol. The predicted octanol–water partition coefficient (Wildman–Crippen LogP) is 5.90. The summed E-state index contributed by atoms with van der Waals surface area (Å²) in [7, 11) is -0.222. The summed E-state index contributed by atoms with van der Waals surface area (Å²) in [6, 6.07) is 23.0. The third-order valence-corrected chi connectivity index (χ3v) is 6.84. The number of hydrogen-bond donors (Lipinski definition) is 0. The second-order valence-corrected chi connectivity index (χ2v) is 8.47. The van der Waals surface area contributed by atoms with E-state index in [4.69, 9.17) is 0 Å². The van der Waals surface area contributed by atoms with Gasteiger partial charge in [0.1, 0.15) is 0 Å². The number of hydrogen-bond acceptors (Lipinski definition) is 1. The van der Waals surface area contributed by atoms with Crippen molar-refractivity contribution in [2.75, 3.05) is 0 Å². The van der Waals surface area contributed by atoms with E-state index in [0.29, 0.717) is 12.1 Å². The van der Waals surface area contributed by atoms with E-state index in [1.54, 1.807) is 0 Å². The summed E-state index contributed by atoms with van der Waals surface area (Å²) >= 11 is 0. The van der Waals surface area contributed by atoms with Gasteiger partial charge in [0, 0.05) is 24.4 Å². The van der Waals surface area contributed by atoms with Gasteiger partial charge < -0.3 is 0 Å². The average molecular weight is 313 g/mol. The molecule has 0 aliphatic heterocycles. The Morgan fingerprint density at radius 2 is 1.05 bits per heavy atom. The standard InChI is InChI=1S/C20H28NP/c1-17(2)21(18(3)4)22(15-19-11-7-5-8-12-19)16-20-13-9-6-10-14-20/h5-14,17-18H,15-16H2,1-4H3. The molecule has 2 heteroatoms.